The molecular formula is C16H23NOS. The van der Waals surface area contributed by atoms with E-state index in [1.165, 1.54) is 4.88 Å². The van der Waals surface area contributed by atoms with Gasteiger partial charge in [0.15, 0.2) is 0 Å². The first-order valence-electron chi connectivity index (χ1n) is 7.10. The molecule has 19 heavy (non-hydrogen) atoms. The lowest BCUT2D eigenvalue weighted by atomic mass is 9.63. The molecule has 1 aromatic rings. The maximum absolute atomic E-state index is 10.7. The van der Waals surface area contributed by atoms with Crippen molar-refractivity contribution in [2.75, 3.05) is 0 Å². The summed E-state index contributed by atoms with van der Waals surface area (Å²) in [6.07, 6.45) is 4.00. The zero-order valence-corrected chi connectivity index (χ0v) is 12.9. The van der Waals surface area contributed by atoms with Crippen molar-refractivity contribution in [3.8, 4) is 6.07 Å². The Morgan fingerprint density at radius 1 is 1.32 bits per heavy atom. The average molecular weight is 277 g/mol. The fraction of sp³-hybridized carbons (Fsp3) is 0.688. The first-order chi connectivity index (χ1) is 8.92. The first kappa shape index (κ1) is 14.6. The molecule has 0 spiro atoms. The molecular weight excluding hydrogens is 254 g/mol. The predicted molar refractivity (Wildman–Crippen MR) is 79.0 cm³/mol. The Morgan fingerprint density at radius 3 is 2.42 bits per heavy atom. The van der Waals surface area contributed by atoms with Crippen LogP contribution in [0.15, 0.2) is 12.1 Å². The topological polar surface area (TPSA) is 44.0 Å². The summed E-state index contributed by atoms with van der Waals surface area (Å²) in [6, 6.07) is 6.50. The molecule has 1 atom stereocenters. The number of thiophene rings is 1. The molecule has 1 saturated carbocycles. The Hall–Kier alpha value is -0.850. The van der Waals surface area contributed by atoms with Crippen molar-refractivity contribution in [2.45, 2.75) is 59.0 Å². The molecule has 3 heteroatoms. The van der Waals surface area contributed by atoms with Gasteiger partial charge in [0.05, 0.1) is 11.5 Å². The third-order valence-corrected chi connectivity index (χ3v) is 5.82. The monoisotopic (exact) mass is 277 g/mol. The van der Waals surface area contributed by atoms with Gasteiger partial charge in [0.2, 0.25) is 0 Å². The Morgan fingerprint density at radius 2 is 1.95 bits per heavy atom. The zero-order valence-electron chi connectivity index (χ0n) is 12.1. The van der Waals surface area contributed by atoms with Crippen LogP contribution in [0.5, 0.6) is 0 Å². The van der Waals surface area contributed by atoms with E-state index in [0.717, 1.165) is 37.0 Å². The van der Waals surface area contributed by atoms with Crippen LogP contribution < -0.4 is 0 Å². The number of aliphatic hydroxyl groups is 1. The van der Waals surface area contributed by atoms with Gasteiger partial charge in [-0.05, 0) is 49.7 Å². The lowest BCUT2D eigenvalue weighted by molar-refractivity contribution is 0.0117. The lowest BCUT2D eigenvalue weighted by Crippen LogP contribution is -2.34. The van der Waals surface area contributed by atoms with Gasteiger partial charge in [0.25, 0.3) is 0 Å². The number of aliphatic hydroxyl groups excluding tert-OH is 1. The highest BCUT2D eigenvalue weighted by Crippen LogP contribution is 2.51. The summed E-state index contributed by atoms with van der Waals surface area (Å²) in [5.74, 6) is 0. The largest absolute Gasteiger partial charge is 0.386 e. The Balaban J connectivity index is 2.20. The van der Waals surface area contributed by atoms with Gasteiger partial charge in [-0.1, -0.05) is 20.8 Å². The maximum atomic E-state index is 10.7. The van der Waals surface area contributed by atoms with Gasteiger partial charge in [0.1, 0.15) is 6.10 Å². The van der Waals surface area contributed by atoms with E-state index in [2.05, 4.69) is 32.9 Å². The molecule has 1 aliphatic carbocycles. The molecule has 0 aliphatic heterocycles. The van der Waals surface area contributed by atoms with Crippen LogP contribution in [-0.2, 0) is 6.42 Å². The Kier molecular flexibility index (Phi) is 4.03. The highest BCUT2D eigenvalue weighted by Gasteiger charge is 2.44. The van der Waals surface area contributed by atoms with Crippen LogP contribution in [-0.4, -0.2) is 5.11 Å². The van der Waals surface area contributed by atoms with Crippen LogP contribution in [0.2, 0.25) is 0 Å². The molecule has 1 fully saturated rings. The summed E-state index contributed by atoms with van der Waals surface area (Å²) >= 11 is 1.65. The number of hydrogen-bond acceptors (Lipinski definition) is 3. The molecule has 0 aromatic carbocycles. The minimum atomic E-state index is -0.626. The van der Waals surface area contributed by atoms with Gasteiger partial charge in [0, 0.05) is 9.75 Å². The Labute approximate surface area is 120 Å². The van der Waals surface area contributed by atoms with Gasteiger partial charge >= 0.3 is 0 Å². The zero-order chi connectivity index (χ0) is 14.1. The molecule has 1 heterocycles. The standard InChI is InChI=1S/C16H23NOS/c1-4-12-5-6-13(19-12)14(18)16(11-17)9-7-15(2,3)8-10-16/h5-6,14,18H,4,7-10H2,1-3H3. The summed E-state index contributed by atoms with van der Waals surface area (Å²) in [5.41, 5.74) is -0.268. The van der Waals surface area contributed by atoms with E-state index in [1.54, 1.807) is 11.3 Å². The maximum Gasteiger partial charge on any atom is 0.107 e. The number of aryl methyl sites for hydroxylation is 1. The van der Waals surface area contributed by atoms with E-state index in [-0.39, 0.29) is 0 Å². The smallest absolute Gasteiger partial charge is 0.107 e. The molecule has 1 unspecified atom stereocenters. The molecule has 2 rings (SSSR count). The van der Waals surface area contributed by atoms with Crippen molar-refractivity contribution in [3.05, 3.63) is 21.9 Å². The molecule has 1 aromatic heterocycles. The van der Waals surface area contributed by atoms with E-state index in [1.807, 2.05) is 6.07 Å². The third-order valence-electron chi connectivity index (χ3n) is 4.54. The summed E-state index contributed by atoms with van der Waals surface area (Å²) < 4.78 is 0. The van der Waals surface area contributed by atoms with Crippen molar-refractivity contribution in [1.82, 2.24) is 0 Å². The highest BCUT2D eigenvalue weighted by atomic mass is 32.1. The molecule has 2 nitrogen and oxygen atoms in total. The second-order valence-corrected chi connectivity index (χ2v) is 7.69. The third kappa shape index (κ3) is 2.85. The summed E-state index contributed by atoms with van der Waals surface area (Å²) in [6.45, 7) is 6.62. The Bertz CT molecular complexity index is 473. The lowest BCUT2D eigenvalue weighted by Gasteiger charge is -2.41. The fourth-order valence-corrected chi connectivity index (χ4v) is 3.88. The molecule has 104 valence electrons. The van der Waals surface area contributed by atoms with Crippen LogP contribution in [0, 0.1) is 22.2 Å². The molecule has 1 N–H and O–H groups in total. The fourth-order valence-electron chi connectivity index (χ4n) is 2.82. The van der Waals surface area contributed by atoms with Crippen LogP contribution >= 0.6 is 11.3 Å². The summed E-state index contributed by atoms with van der Waals surface area (Å²) in [7, 11) is 0. The predicted octanol–water partition coefficient (Wildman–Crippen LogP) is 4.45. The number of nitrogens with zero attached hydrogens (tertiary/aromatic N) is 1. The quantitative estimate of drug-likeness (QED) is 0.886. The number of hydrogen-bond donors (Lipinski definition) is 1. The van der Waals surface area contributed by atoms with E-state index < -0.39 is 11.5 Å². The minimum absolute atomic E-state index is 0.310. The average Bonchev–Trinajstić information content (AvgIpc) is 2.87. The van der Waals surface area contributed by atoms with Crippen LogP contribution in [0.3, 0.4) is 0 Å². The van der Waals surface area contributed by atoms with Crippen LogP contribution in [0.25, 0.3) is 0 Å². The van der Waals surface area contributed by atoms with Crippen LogP contribution in [0.4, 0.5) is 0 Å². The molecule has 0 bridgehead atoms. The van der Waals surface area contributed by atoms with Crippen LogP contribution in [0.1, 0.15) is 62.3 Å². The summed E-state index contributed by atoms with van der Waals surface area (Å²) in [5, 5.41) is 20.3. The SMILES string of the molecule is CCc1ccc(C(O)C2(C#N)CCC(C)(C)CC2)s1. The normalized spacial score (nSPS) is 22.7. The first-order valence-corrected chi connectivity index (χ1v) is 7.92. The van der Waals surface area contributed by atoms with E-state index in [0.29, 0.717) is 5.41 Å². The van der Waals surface area contributed by atoms with Crippen molar-refractivity contribution in [3.63, 3.8) is 0 Å². The number of rotatable bonds is 3. The molecule has 0 amide bonds. The molecule has 0 saturated heterocycles. The summed E-state index contributed by atoms with van der Waals surface area (Å²) in [4.78, 5) is 2.23. The molecule has 0 radical (unpaired) electrons. The minimum Gasteiger partial charge on any atom is -0.386 e. The van der Waals surface area contributed by atoms with Gasteiger partial charge in [-0.15, -0.1) is 11.3 Å². The second kappa shape index (κ2) is 5.26. The highest BCUT2D eigenvalue weighted by molar-refractivity contribution is 7.12. The van der Waals surface area contributed by atoms with Crippen molar-refractivity contribution in [1.29, 1.82) is 5.26 Å². The van der Waals surface area contributed by atoms with Gasteiger partial charge < -0.3 is 5.11 Å². The van der Waals surface area contributed by atoms with Crippen molar-refractivity contribution in [2.24, 2.45) is 10.8 Å². The van der Waals surface area contributed by atoms with Crippen molar-refractivity contribution < 1.29 is 5.11 Å². The second-order valence-electron chi connectivity index (χ2n) is 6.49. The van der Waals surface area contributed by atoms with E-state index >= 15 is 0 Å². The molecule has 1 aliphatic rings. The van der Waals surface area contributed by atoms with Gasteiger partial charge in [-0.3, -0.25) is 0 Å². The van der Waals surface area contributed by atoms with Gasteiger partial charge in [-0.25, -0.2) is 0 Å². The van der Waals surface area contributed by atoms with E-state index in [9.17, 15) is 10.4 Å². The number of nitriles is 1. The van der Waals surface area contributed by atoms with Crippen molar-refractivity contribution >= 4 is 11.3 Å². The van der Waals surface area contributed by atoms with E-state index in [4.69, 9.17) is 0 Å². The van der Waals surface area contributed by atoms with Gasteiger partial charge in [-0.2, -0.15) is 5.26 Å².